The second-order valence-corrected chi connectivity index (χ2v) is 9.40. The van der Waals surface area contributed by atoms with Crippen molar-refractivity contribution in [3.05, 3.63) is 0 Å². The lowest BCUT2D eigenvalue weighted by Gasteiger charge is -2.58. The fourth-order valence-corrected chi connectivity index (χ4v) is 6.98. The van der Waals surface area contributed by atoms with Gasteiger partial charge in [-0.15, -0.1) is 0 Å². The van der Waals surface area contributed by atoms with E-state index in [2.05, 4.69) is 21.2 Å². The third-order valence-corrected chi connectivity index (χ3v) is 8.19. The number of rotatable bonds is 3. The zero-order valence-corrected chi connectivity index (χ0v) is 14.5. The first kappa shape index (κ1) is 14.5. The van der Waals surface area contributed by atoms with Crippen LogP contribution in [0, 0.1) is 23.2 Å². The van der Waals surface area contributed by atoms with E-state index >= 15 is 0 Å². The number of alkyl halides is 1. The van der Waals surface area contributed by atoms with Gasteiger partial charge in [0.15, 0.2) is 0 Å². The monoisotopic (exact) mass is 353 g/mol. The Labute approximate surface area is 136 Å². The summed E-state index contributed by atoms with van der Waals surface area (Å²) < 4.78 is 0. The lowest BCUT2D eigenvalue weighted by Crippen LogP contribution is -2.55. The Balaban J connectivity index is 1.44. The van der Waals surface area contributed by atoms with Crippen molar-refractivity contribution in [3.8, 4) is 0 Å². The first-order chi connectivity index (χ1) is 10.1. The summed E-state index contributed by atoms with van der Waals surface area (Å²) in [5, 5.41) is 3.36. The Morgan fingerprint density at radius 1 is 0.952 bits per heavy atom. The summed E-state index contributed by atoms with van der Waals surface area (Å²) in [6, 6.07) is 0.445. The second kappa shape index (κ2) is 5.54. The molecular formula is C18H28BrNO. The number of hydrogen-bond acceptors (Lipinski definition) is 1. The van der Waals surface area contributed by atoms with Gasteiger partial charge in [-0.3, -0.25) is 4.79 Å². The maximum absolute atomic E-state index is 12.8. The normalized spacial score (nSPS) is 43.8. The van der Waals surface area contributed by atoms with E-state index < -0.39 is 0 Å². The SMILES string of the molecule is O=C(NC1CCCCC1)[C@@H](Br)C12CC3CC(CC(C3)C1)C2. The molecule has 1 atom stereocenters. The summed E-state index contributed by atoms with van der Waals surface area (Å²) in [5.41, 5.74) is 0.285. The summed E-state index contributed by atoms with van der Waals surface area (Å²) >= 11 is 3.85. The summed E-state index contributed by atoms with van der Waals surface area (Å²) in [7, 11) is 0. The maximum atomic E-state index is 12.8. The quantitative estimate of drug-likeness (QED) is 0.747. The molecule has 0 aliphatic heterocycles. The molecule has 5 aliphatic rings. The predicted octanol–water partition coefficient (Wildman–Crippen LogP) is 4.42. The molecule has 1 N–H and O–H groups in total. The van der Waals surface area contributed by atoms with E-state index in [1.54, 1.807) is 0 Å². The smallest absolute Gasteiger partial charge is 0.234 e. The number of hydrogen-bond donors (Lipinski definition) is 1. The average molecular weight is 354 g/mol. The van der Waals surface area contributed by atoms with Crippen molar-refractivity contribution < 1.29 is 4.79 Å². The van der Waals surface area contributed by atoms with Crippen LogP contribution in [0.4, 0.5) is 0 Å². The number of amides is 1. The molecule has 0 aromatic carbocycles. The van der Waals surface area contributed by atoms with Crippen LogP contribution in [-0.4, -0.2) is 16.8 Å². The molecule has 5 rings (SSSR count). The highest BCUT2D eigenvalue weighted by Crippen LogP contribution is 2.62. The third-order valence-electron chi connectivity index (χ3n) is 6.80. The molecule has 0 aromatic rings. The van der Waals surface area contributed by atoms with Crippen LogP contribution in [-0.2, 0) is 4.79 Å². The molecule has 0 aromatic heterocycles. The van der Waals surface area contributed by atoms with Crippen molar-refractivity contribution in [3.63, 3.8) is 0 Å². The van der Waals surface area contributed by atoms with Gasteiger partial charge in [-0.1, -0.05) is 35.2 Å². The van der Waals surface area contributed by atoms with Crippen LogP contribution in [0.5, 0.6) is 0 Å². The van der Waals surface area contributed by atoms with Gasteiger partial charge in [0.1, 0.15) is 0 Å². The minimum atomic E-state index is 0.0559. The Bertz CT molecular complexity index is 380. The van der Waals surface area contributed by atoms with Gasteiger partial charge in [0.2, 0.25) is 5.91 Å². The van der Waals surface area contributed by atoms with Gasteiger partial charge in [-0.05, 0) is 74.5 Å². The predicted molar refractivity (Wildman–Crippen MR) is 88.3 cm³/mol. The van der Waals surface area contributed by atoms with Gasteiger partial charge in [0.25, 0.3) is 0 Å². The highest BCUT2D eigenvalue weighted by Gasteiger charge is 2.55. The van der Waals surface area contributed by atoms with Crippen LogP contribution >= 0.6 is 15.9 Å². The maximum Gasteiger partial charge on any atom is 0.234 e. The largest absolute Gasteiger partial charge is 0.352 e. The number of halogens is 1. The fourth-order valence-electron chi connectivity index (χ4n) is 6.29. The van der Waals surface area contributed by atoms with E-state index in [0.717, 1.165) is 17.8 Å². The molecule has 1 amide bonds. The molecule has 5 saturated carbocycles. The van der Waals surface area contributed by atoms with E-state index in [0.29, 0.717) is 11.9 Å². The van der Waals surface area contributed by atoms with E-state index in [-0.39, 0.29) is 10.2 Å². The molecule has 0 saturated heterocycles. The Morgan fingerprint density at radius 3 is 2.00 bits per heavy atom. The Hall–Kier alpha value is -0.0500. The second-order valence-electron chi connectivity index (χ2n) is 8.49. The number of carbonyl (C=O) groups excluding carboxylic acids is 1. The first-order valence-electron chi connectivity index (χ1n) is 9.09. The molecule has 118 valence electrons. The van der Waals surface area contributed by atoms with E-state index in [9.17, 15) is 4.79 Å². The summed E-state index contributed by atoms with van der Waals surface area (Å²) in [6.07, 6.45) is 14.5. The van der Waals surface area contributed by atoms with Gasteiger partial charge in [-0.2, -0.15) is 0 Å². The summed E-state index contributed by atoms with van der Waals surface area (Å²) in [4.78, 5) is 12.8. The van der Waals surface area contributed by atoms with E-state index in [4.69, 9.17) is 0 Å². The van der Waals surface area contributed by atoms with Gasteiger partial charge in [0, 0.05) is 6.04 Å². The van der Waals surface area contributed by atoms with E-state index in [1.807, 2.05) is 0 Å². The van der Waals surface area contributed by atoms with Crippen molar-refractivity contribution in [1.29, 1.82) is 0 Å². The van der Waals surface area contributed by atoms with Crippen molar-refractivity contribution in [2.45, 2.75) is 81.5 Å². The van der Waals surface area contributed by atoms with Crippen LogP contribution in [0.3, 0.4) is 0 Å². The van der Waals surface area contributed by atoms with Gasteiger partial charge >= 0.3 is 0 Å². The van der Waals surface area contributed by atoms with Crippen LogP contribution < -0.4 is 5.32 Å². The van der Waals surface area contributed by atoms with Crippen molar-refractivity contribution in [2.75, 3.05) is 0 Å². The highest BCUT2D eigenvalue weighted by molar-refractivity contribution is 9.10. The van der Waals surface area contributed by atoms with Gasteiger partial charge < -0.3 is 5.32 Å². The standard InChI is InChI=1S/C18H28BrNO/c19-16(17(21)20-15-4-2-1-3-5-15)18-9-12-6-13(10-18)8-14(7-12)11-18/h12-16H,1-11H2,(H,20,21)/t12?,13?,14?,16-,18?/m1/s1. The number of carbonyl (C=O) groups is 1. The molecule has 0 heterocycles. The third kappa shape index (κ3) is 2.68. The van der Waals surface area contributed by atoms with Crippen molar-refractivity contribution in [1.82, 2.24) is 5.32 Å². The topological polar surface area (TPSA) is 29.1 Å². The molecule has 3 heteroatoms. The molecule has 5 aliphatic carbocycles. The first-order valence-corrected chi connectivity index (χ1v) is 10.0. The highest BCUT2D eigenvalue weighted by atomic mass is 79.9. The Kier molecular flexibility index (Phi) is 3.84. The molecule has 21 heavy (non-hydrogen) atoms. The molecule has 0 unspecified atom stereocenters. The van der Waals surface area contributed by atoms with Crippen LogP contribution in [0.15, 0.2) is 0 Å². The lowest BCUT2D eigenvalue weighted by molar-refractivity contribution is -0.128. The van der Waals surface area contributed by atoms with E-state index in [1.165, 1.54) is 70.6 Å². The summed E-state index contributed by atoms with van der Waals surface area (Å²) in [5.74, 6) is 3.04. The molecular weight excluding hydrogens is 326 g/mol. The van der Waals surface area contributed by atoms with Crippen molar-refractivity contribution >= 4 is 21.8 Å². The van der Waals surface area contributed by atoms with Crippen molar-refractivity contribution in [2.24, 2.45) is 23.2 Å². The average Bonchev–Trinajstić information content (AvgIpc) is 2.46. The zero-order valence-electron chi connectivity index (χ0n) is 13.0. The lowest BCUT2D eigenvalue weighted by atomic mass is 9.49. The van der Waals surface area contributed by atoms with Gasteiger partial charge in [-0.25, -0.2) is 0 Å². The number of nitrogens with one attached hydrogen (secondary N) is 1. The Morgan fingerprint density at radius 2 is 1.48 bits per heavy atom. The van der Waals surface area contributed by atoms with Crippen LogP contribution in [0.1, 0.15) is 70.6 Å². The molecule has 0 spiro atoms. The molecule has 2 nitrogen and oxygen atoms in total. The summed E-state index contributed by atoms with van der Waals surface area (Å²) in [6.45, 7) is 0. The zero-order chi connectivity index (χ0) is 14.4. The molecule has 0 radical (unpaired) electrons. The van der Waals surface area contributed by atoms with Crippen LogP contribution in [0.25, 0.3) is 0 Å². The van der Waals surface area contributed by atoms with Gasteiger partial charge in [0.05, 0.1) is 4.83 Å². The van der Waals surface area contributed by atoms with Crippen LogP contribution in [0.2, 0.25) is 0 Å². The minimum Gasteiger partial charge on any atom is -0.352 e. The molecule has 4 bridgehead atoms. The molecule has 5 fully saturated rings. The minimum absolute atomic E-state index is 0.0559. The fraction of sp³-hybridized carbons (Fsp3) is 0.944.